The smallest absolute Gasteiger partial charge is 0.0762 e. The van der Waals surface area contributed by atoms with Gasteiger partial charge in [-0.2, -0.15) is 5.10 Å². The van der Waals surface area contributed by atoms with E-state index in [1.807, 2.05) is 4.68 Å². The molecule has 0 amide bonds. The van der Waals surface area contributed by atoms with E-state index < -0.39 is 0 Å². The average Bonchev–Trinajstić information content (AvgIpc) is 2.62. The second-order valence-electron chi connectivity index (χ2n) is 3.32. The van der Waals surface area contributed by atoms with Crippen LogP contribution >= 0.6 is 0 Å². The first-order chi connectivity index (χ1) is 6.27. The molecule has 1 N–H and O–H groups in total. The Bertz CT molecular complexity index is 242. The molecule has 3 nitrogen and oxygen atoms in total. The first-order valence-electron chi connectivity index (χ1n) is 5.02. The van der Waals surface area contributed by atoms with Gasteiger partial charge in [-0.05, 0) is 26.0 Å². The molecule has 1 unspecified atom stereocenters. The highest BCUT2D eigenvalue weighted by atomic mass is 15.3. The van der Waals surface area contributed by atoms with Gasteiger partial charge in [-0.25, -0.2) is 0 Å². The average molecular weight is 181 g/mol. The third-order valence-corrected chi connectivity index (χ3v) is 2.26. The van der Waals surface area contributed by atoms with Gasteiger partial charge in [0.25, 0.3) is 0 Å². The summed E-state index contributed by atoms with van der Waals surface area (Å²) < 4.78 is 2.03. The van der Waals surface area contributed by atoms with Crippen molar-refractivity contribution in [3.8, 4) is 0 Å². The van der Waals surface area contributed by atoms with Crippen molar-refractivity contribution < 1.29 is 0 Å². The fourth-order valence-corrected chi connectivity index (χ4v) is 1.16. The summed E-state index contributed by atoms with van der Waals surface area (Å²) in [5.41, 5.74) is 1.13. The second-order valence-corrected chi connectivity index (χ2v) is 3.32. The molecule has 1 rings (SSSR count). The molecule has 1 aromatic rings. The molecule has 0 saturated carbocycles. The number of nitrogens with one attached hydrogen (secondary N) is 1. The molecule has 0 fully saturated rings. The Morgan fingerprint density at radius 2 is 2.31 bits per heavy atom. The summed E-state index contributed by atoms with van der Waals surface area (Å²) in [4.78, 5) is 0. The highest BCUT2D eigenvalue weighted by Gasteiger charge is 2.03. The summed E-state index contributed by atoms with van der Waals surface area (Å²) >= 11 is 0. The SMILES string of the molecule is CCNCc1ccn(C(C)CC)n1. The van der Waals surface area contributed by atoms with E-state index in [1.54, 1.807) is 0 Å². The molecule has 0 aliphatic heterocycles. The van der Waals surface area contributed by atoms with E-state index in [0.717, 1.165) is 25.2 Å². The minimum absolute atomic E-state index is 0.510. The van der Waals surface area contributed by atoms with Crippen LogP contribution in [0.5, 0.6) is 0 Å². The lowest BCUT2D eigenvalue weighted by molar-refractivity contribution is 0.472. The standard InChI is InChI=1S/C10H19N3/c1-4-9(3)13-7-6-10(12-13)8-11-5-2/h6-7,9,11H,4-5,8H2,1-3H3. The zero-order valence-electron chi connectivity index (χ0n) is 8.75. The molecule has 0 bridgehead atoms. The van der Waals surface area contributed by atoms with Gasteiger partial charge in [0.05, 0.1) is 5.69 Å². The number of hydrogen-bond acceptors (Lipinski definition) is 2. The Kier molecular flexibility index (Phi) is 3.96. The predicted octanol–water partition coefficient (Wildman–Crippen LogP) is 1.96. The van der Waals surface area contributed by atoms with Crippen molar-refractivity contribution in [3.63, 3.8) is 0 Å². The van der Waals surface area contributed by atoms with Crippen molar-refractivity contribution in [2.24, 2.45) is 0 Å². The van der Waals surface area contributed by atoms with Crippen LogP contribution in [0, 0.1) is 0 Å². The molecule has 0 aliphatic rings. The van der Waals surface area contributed by atoms with Gasteiger partial charge in [-0.3, -0.25) is 4.68 Å². The highest BCUT2D eigenvalue weighted by Crippen LogP contribution is 2.08. The Labute approximate surface area is 80.1 Å². The lowest BCUT2D eigenvalue weighted by Crippen LogP contribution is -2.13. The molecule has 0 radical (unpaired) electrons. The second kappa shape index (κ2) is 5.02. The van der Waals surface area contributed by atoms with E-state index >= 15 is 0 Å². The number of nitrogens with zero attached hydrogens (tertiary/aromatic N) is 2. The molecule has 0 aromatic carbocycles. The maximum Gasteiger partial charge on any atom is 0.0762 e. The third-order valence-electron chi connectivity index (χ3n) is 2.26. The van der Waals surface area contributed by atoms with E-state index in [0.29, 0.717) is 6.04 Å². The van der Waals surface area contributed by atoms with Crippen molar-refractivity contribution in [3.05, 3.63) is 18.0 Å². The van der Waals surface area contributed by atoms with Crippen molar-refractivity contribution in [2.45, 2.75) is 39.8 Å². The minimum atomic E-state index is 0.510. The van der Waals surface area contributed by atoms with Crippen LogP contribution in [0.3, 0.4) is 0 Å². The van der Waals surface area contributed by atoms with Crippen LogP contribution < -0.4 is 5.32 Å². The summed E-state index contributed by atoms with van der Waals surface area (Å²) in [7, 11) is 0. The quantitative estimate of drug-likeness (QED) is 0.752. The molecule has 0 aliphatic carbocycles. The van der Waals surface area contributed by atoms with Crippen LogP contribution in [0.25, 0.3) is 0 Å². The predicted molar refractivity (Wildman–Crippen MR) is 54.6 cm³/mol. The van der Waals surface area contributed by atoms with Crippen LogP contribution in [0.1, 0.15) is 38.9 Å². The Morgan fingerprint density at radius 1 is 1.54 bits per heavy atom. The molecule has 1 heterocycles. The molecule has 0 saturated heterocycles. The van der Waals surface area contributed by atoms with Gasteiger partial charge in [-0.15, -0.1) is 0 Å². The Balaban J connectivity index is 2.53. The van der Waals surface area contributed by atoms with E-state index in [-0.39, 0.29) is 0 Å². The van der Waals surface area contributed by atoms with Crippen LogP contribution in [-0.2, 0) is 6.54 Å². The van der Waals surface area contributed by atoms with Gasteiger partial charge in [0.2, 0.25) is 0 Å². The molecular formula is C10H19N3. The van der Waals surface area contributed by atoms with Gasteiger partial charge in [0.15, 0.2) is 0 Å². The molecule has 1 atom stereocenters. The fraction of sp³-hybridized carbons (Fsp3) is 0.700. The lowest BCUT2D eigenvalue weighted by atomic mass is 10.3. The van der Waals surface area contributed by atoms with Gasteiger partial charge in [-0.1, -0.05) is 13.8 Å². The third kappa shape index (κ3) is 2.84. The zero-order chi connectivity index (χ0) is 9.68. The topological polar surface area (TPSA) is 29.9 Å². The summed E-state index contributed by atoms with van der Waals surface area (Å²) in [6.45, 7) is 8.34. The normalized spacial score (nSPS) is 13.2. The Hall–Kier alpha value is -0.830. The number of rotatable bonds is 5. The van der Waals surface area contributed by atoms with Crippen LogP contribution in [0.15, 0.2) is 12.3 Å². The fourth-order valence-electron chi connectivity index (χ4n) is 1.16. The monoisotopic (exact) mass is 181 g/mol. The summed E-state index contributed by atoms with van der Waals surface area (Å²) in [5, 5.41) is 7.73. The van der Waals surface area contributed by atoms with E-state index in [9.17, 15) is 0 Å². The van der Waals surface area contributed by atoms with Crippen molar-refractivity contribution in [2.75, 3.05) is 6.54 Å². The van der Waals surface area contributed by atoms with E-state index in [1.165, 1.54) is 0 Å². The van der Waals surface area contributed by atoms with Crippen LogP contribution in [0.2, 0.25) is 0 Å². The van der Waals surface area contributed by atoms with Crippen LogP contribution in [0.4, 0.5) is 0 Å². The van der Waals surface area contributed by atoms with E-state index in [4.69, 9.17) is 0 Å². The molecular weight excluding hydrogens is 162 g/mol. The van der Waals surface area contributed by atoms with E-state index in [2.05, 4.69) is 43.4 Å². The molecule has 13 heavy (non-hydrogen) atoms. The molecule has 3 heteroatoms. The number of hydrogen-bond donors (Lipinski definition) is 1. The first-order valence-corrected chi connectivity index (χ1v) is 5.02. The highest BCUT2D eigenvalue weighted by molar-refractivity contribution is 4.99. The Morgan fingerprint density at radius 3 is 2.92 bits per heavy atom. The number of aromatic nitrogens is 2. The van der Waals surface area contributed by atoms with Crippen molar-refractivity contribution in [1.29, 1.82) is 0 Å². The minimum Gasteiger partial charge on any atom is -0.311 e. The van der Waals surface area contributed by atoms with Gasteiger partial charge in [0.1, 0.15) is 0 Å². The van der Waals surface area contributed by atoms with Crippen molar-refractivity contribution in [1.82, 2.24) is 15.1 Å². The summed E-state index contributed by atoms with van der Waals surface area (Å²) in [6.07, 6.45) is 3.18. The van der Waals surface area contributed by atoms with Crippen molar-refractivity contribution >= 4 is 0 Å². The lowest BCUT2D eigenvalue weighted by Gasteiger charge is -2.08. The molecule has 0 spiro atoms. The van der Waals surface area contributed by atoms with Gasteiger partial charge in [0, 0.05) is 18.8 Å². The largest absolute Gasteiger partial charge is 0.311 e. The summed E-state index contributed by atoms with van der Waals surface area (Å²) in [6, 6.07) is 2.59. The zero-order valence-corrected chi connectivity index (χ0v) is 8.75. The van der Waals surface area contributed by atoms with Crippen LogP contribution in [-0.4, -0.2) is 16.3 Å². The first kappa shape index (κ1) is 10.3. The maximum absolute atomic E-state index is 4.47. The molecule has 1 aromatic heterocycles. The van der Waals surface area contributed by atoms with Gasteiger partial charge >= 0.3 is 0 Å². The summed E-state index contributed by atoms with van der Waals surface area (Å²) in [5.74, 6) is 0. The maximum atomic E-state index is 4.47. The molecule has 74 valence electrons. The van der Waals surface area contributed by atoms with Gasteiger partial charge < -0.3 is 5.32 Å².